The number of unbranched alkanes of at least 4 members (excludes halogenated alkanes) is 11. The van der Waals surface area contributed by atoms with Gasteiger partial charge in [0.15, 0.2) is 5.78 Å². The van der Waals surface area contributed by atoms with Crippen LogP contribution in [0.4, 0.5) is 0 Å². The van der Waals surface area contributed by atoms with Crippen LogP contribution in [0, 0.1) is 0 Å². The molecule has 6 heteroatoms. The zero-order valence-electron chi connectivity index (χ0n) is 16.9. The number of rotatable bonds is 19. The van der Waals surface area contributed by atoms with Crippen molar-refractivity contribution in [1.29, 1.82) is 0 Å². The first kappa shape index (κ1) is 26.4. The van der Waals surface area contributed by atoms with E-state index in [0.29, 0.717) is 6.42 Å². The summed E-state index contributed by atoms with van der Waals surface area (Å²) in [6, 6.07) is 0. The van der Waals surface area contributed by atoms with Crippen LogP contribution in [0.1, 0.15) is 96.8 Å². The van der Waals surface area contributed by atoms with E-state index in [2.05, 4.69) is 19.1 Å². The van der Waals surface area contributed by atoms with E-state index in [4.69, 9.17) is 5.11 Å². The maximum absolute atomic E-state index is 11.9. The number of ketones is 1. The summed E-state index contributed by atoms with van der Waals surface area (Å²) in [6.45, 7) is 1.44. The fourth-order valence-corrected chi connectivity index (χ4v) is 3.38. The lowest BCUT2D eigenvalue weighted by molar-refractivity contribution is -0.139. The van der Waals surface area contributed by atoms with E-state index in [0.717, 1.165) is 32.1 Å². The number of aliphatic hydroxyl groups is 3. The lowest BCUT2D eigenvalue weighted by atomic mass is 10.0. The number of carbonyl (C=O) groups excluding carboxylic acids is 1. The quantitative estimate of drug-likeness (QED) is 0.162. The van der Waals surface area contributed by atoms with Crippen LogP contribution < -0.4 is 0 Å². The molecule has 5 nitrogen and oxygen atoms in total. The molecule has 2 unspecified atom stereocenters. The Morgan fingerprint density at radius 2 is 1.41 bits per heavy atom. The van der Waals surface area contributed by atoms with Crippen molar-refractivity contribution in [2.45, 2.75) is 108 Å². The van der Waals surface area contributed by atoms with Gasteiger partial charge in [-0.1, -0.05) is 70.4 Å². The Morgan fingerprint density at radius 1 is 0.926 bits per heavy atom. The number of allylic oxidation sites excluding steroid dienone is 2. The molecule has 0 aromatic rings. The van der Waals surface area contributed by atoms with Gasteiger partial charge < -0.3 is 15.3 Å². The van der Waals surface area contributed by atoms with Gasteiger partial charge in [-0.05, 0) is 32.1 Å². The normalized spacial score (nSPS) is 15.3. The van der Waals surface area contributed by atoms with Crippen molar-refractivity contribution < 1.29 is 24.7 Å². The highest BCUT2D eigenvalue weighted by Gasteiger charge is 2.43. The summed E-state index contributed by atoms with van der Waals surface area (Å²) >= 11 is 0. The van der Waals surface area contributed by atoms with Crippen molar-refractivity contribution in [3.05, 3.63) is 12.2 Å². The highest BCUT2D eigenvalue weighted by Crippen LogP contribution is 2.27. The molecule has 0 heterocycles. The van der Waals surface area contributed by atoms with Gasteiger partial charge in [-0.15, -0.1) is 0 Å². The summed E-state index contributed by atoms with van der Waals surface area (Å²) in [5.74, 6) is -0.682. The molecule has 0 bridgehead atoms. The Bertz CT molecular complexity index is 413. The first-order chi connectivity index (χ1) is 13.0. The molecule has 0 spiro atoms. The van der Waals surface area contributed by atoms with Crippen LogP contribution in [0.15, 0.2) is 12.2 Å². The highest BCUT2D eigenvalue weighted by molar-refractivity contribution is 7.27. The molecule has 0 rings (SSSR count). The number of carbonyl (C=O) groups is 1. The maximum atomic E-state index is 11.9. The lowest BCUT2D eigenvalue weighted by Crippen LogP contribution is -2.46. The average molecular weight is 403 g/mol. The smallest absolute Gasteiger partial charge is 0.231 e. The van der Waals surface area contributed by atoms with E-state index < -0.39 is 32.3 Å². The molecule has 3 N–H and O–H groups in total. The third-order valence-corrected chi connectivity index (χ3v) is 5.68. The number of aliphatic hydroxyl groups excluding tert-OH is 2. The fraction of sp³-hybridized carbons (Fsp3) is 0.857. The van der Waals surface area contributed by atoms with E-state index in [1.807, 2.05) is 0 Å². The summed E-state index contributed by atoms with van der Waals surface area (Å²) in [7, 11) is -0.871. The van der Waals surface area contributed by atoms with Gasteiger partial charge in [0, 0.05) is 6.42 Å². The van der Waals surface area contributed by atoms with Crippen molar-refractivity contribution >= 4 is 14.2 Å². The summed E-state index contributed by atoms with van der Waals surface area (Å²) in [5.41, 5.74) is 0. The van der Waals surface area contributed by atoms with Crippen LogP contribution in [0.2, 0.25) is 0 Å². The molecule has 0 aromatic carbocycles. The number of hydrogen-bond acceptors (Lipinski definition) is 5. The fourth-order valence-electron chi connectivity index (χ4n) is 2.97. The molecule has 0 amide bonds. The lowest BCUT2D eigenvalue weighted by Gasteiger charge is -2.23. The Balaban J connectivity index is 3.58. The Labute approximate surface area is 166 Å². The average Bonchev–Trinajstić information content (AvgIpc) is 2.69. The van der Waals surface area contributed by atoms with Crippen molar-refractivity contribution in [2.24, 2.45) is 0 Å². The molecule has 0 saturated carbocycles. The second-order valence-electron chi connectivity index (χ2n) is 7.27. The van der Waals surface area contributed by atoms with Gasteiger partial charge in [0.2, 0.25) is 13.8 Å². The summed E-state index contributed by atoms with van der Waals surface area (Å²) in [5, 5.41) is 25.8. The van der Waals surface area contributed by atoms with Gasteiger partial charge >= 0.3 is 0 Å². The second-order valence-corrected chi connectivity index (χ2v) is 8.14. The van der Waals surface area contributed by atoms with Crippen LogP contribution in [0.5, 0.6) is 0 Å². The summed E-state index contributed by atoms with van der Waals surface area (Å²) < 4.78 is 11.0. The molecular weight excluding hydrogens is 363 g/mol. The standard InChI is InChI=1S/C21H39O5P/c1-2-3-4-5-6-7-8-9-10-11-12-13-14-15-16-17-19(23)21(25,27-26)20(24)18-22/h9-10,20,22,24-25H,2-8,11-18H2,1H3. The van der Waals surface area contributed by atoms with E-state index in [9.17, 15) is 19.6 Å². The van der Waals surface area contributed by atoms with Crippen LogP contribution in [-0.2, 0) is 9.36 Å². The monoisotopic (exact) mass is 402 g/mol. The van der Waals surface area contributed by atoms with Crippen LogP contribution in [-0.4, -0.2) is 39.2 Å². The molecule has 0 radical (unpaired) electrons. The largest absolute Gasteiger partial charge is 0.394 e. The molecule has 0 aliphatic rings. The Hall–Kier alpha value is -0.610. The number of Topliss-reactive ketones (excluding diaryl/α,β-unsaturated/α-hetero) is 1. The Morgan fingerprint density at radius 3 is 1.89 bits per heavy atom. The first-order valence-electron chi connectivity index (χ1n) is 10.6. The summed E-state index contributed by atoms with van der Waals surface area (Å²) in [4.78, 5) is 11.9. The predicted octanol–water partition coefficient (Wildman–Crippen LogP) is 4.93. The van der Waals surface area contributed by atoms with E-state index in [1.54, 1.807) is 0 Å². The predicted molar refractivity (Wildman–Crippen MR) is 110 cm³/mol. The van der Waals surface area contributed by atoms with E-state index in [1.165, 1.54) is 44.9 Å². The van der Waals surface area contributed by atoms with Gasteiger partial charge in [0.25, 0.3) is 0 Å². The summed E-state index contributed by atoms with van der Waals surface area (Å²) in [6.07, 6.45) is 17.8. The van der Waals surface area contributed by atoms with Gasteiger partial charge in [0.1, 0.15) is 6.10 Å². The third kappa shape index (κ3) is 12.5. The first-order valence-corrected chi connectivity index (χ1v) is 11.4. The minimum Gasteiger partial charge on any atom is -0.394 e. The SMILES string of the molecule is CCCCCCCCC=CCCCCCCCC(=O)C(O)(P=O)C(O)CO. The zero-order chi connectivity index (χ0) is 20.4. The van der Waals surface area contributed by atoms with Gasteiger partial charge in [-0.3, -0.25) is 9.36 Å². The topological polar surface area (TPSA) is 94.8 Å². The number of hydrogen-bond donors (Lipinski definition) is 3. The zero-order valence-corrected chi connectivity index (χ0v) is 17.8. The molecule has 0 aliphatic heterocycles. The minimum absolute atomic E-state index is 0.0565. The molecule has 0 aliphatic carbocycles. The van der Waals surface area contributed by atoms with Crippen LogP contribution in [0.25, 0.3) is 0 Å². The minimum atomic E-state index is -2.38. The van der Waals surface area contributed by atoms with Gasteiger partial charge in [-0.25, -0.2) is 0 Å². The van der Waals surface area contributed by atoms with Crippen LogP contribution in [0.3, 0.4) is 0 Å². The highest BCUT2D eigenvalue weighted by atomic mass is 31.1. The van der Waals surface area contributed by atoms with E-state index >= 15 is 0 Å². The Kier molecular flexibility index (Phi) is 17.1. The molecule has 0 fully saturated rings. The molecule has 27 heavy (non-hydrogen) atoms. The maximum Gasteiger partial charge on any atom is 0.231 e. The van der Waals surface area contributed by atoms with Crippen molar-refractivity contribution in [3.8, 4) is 0 Å². The molecule has 0 saturated heterocycles. The molecule has 0 aromatic heterocycles. The van der Waals surface area contributed by atoms with Crippen molar-refractivity contribution in [1.82, 2.24) is 0 Å². The van der Waals surface area contributed by atoms with Crippen molar-refractivity contribution in [3.63, 3.8) is 0 Å². The van der Waals surface area contributed by atoms with Crippen molar-refractivity contribution in [2.75, 3.05) is 6.61 Å². The van der Waals surface area contributed by atoms with E-state index in [-0.39, 0.29) is 6.42 Å². The third-order valence-electron chi connectivity index (χ3n) is 4.85. The molecule has 158 valence electrons. The van der Waals surface area contributed by atoms with Gasteiger partial charge in [-0.2, -0.15) is 0 Å². The molecule has 2 atom stereocenters. The molecular formula is C21H39O5P. The van der Waals surface area contributed by atoms with Crippen LogP contribution >= 0.6 is 8.46 Å². The van der Waals surface area contributed by atoms with Gasteiger partial charge in [0.05, 0.1) is 6.61 Å². The second kappa shape index (κ2) is 17.5.